The van der Waals surface area contributed by atoms with Crippen LogP contribution in [0.4, 0.5) is 4.79 Å². The normalized spacial score (nSPS) is 25.9. The van der Waals surface area contributed by atoms with Gasteiger partial charge in [0.05, 0.1) is 25.9 Å². The van der Waals surface area contributed by atoms with Gasteiger partial charge >= 0.3 is 12.0 Å². The van der Waals surface area contributed by atoms with Crippen molar-refractivity contribution in [2.24, 2.45) is 5.41 Å². The molecule has 1 aliphatic heterocycles. The second-order valence-corrected chi connectivity index (χ2v) is 4.70. The maximum absolute atomic E-state index is 12.0. The van der Waals surface area contributed by atoms with E-state index in [1.54, 1.807) is 0 Å². The highest BCUT2D eigenvalue weighted by Crippen LogP contribution is 2.28. The number of nitrogens with zero attached hydrogens (tertiary/aromatic N) is 1. The SMILES string of the molecule is C=CCN(CCO)C(=O)NC1COCC1(C)C(=O)O. The largest absolute Gasteiger partial charge is 0.481 e. The lowest BCUT2D eigenvalue weighted by Crippen LogP contribution is -2.53. The fourth-order valence-corrected chi connectivity index (χ4v) is 1.88. The van der Waals surface area contributed by atoms with E-state index in [-0.39, 0.29) is 32.9 Å². The van der Waals surface area contributed by atoms with Crippen molar-refractivity contribution in [3.63, 3.8) is 0 Å². The van der Waals surface area contributed by atoms with Crippen LogP contribution in [0.2, 0.25) is 0 Å². The zero-order valence-electron chi connectivity index (χ0n) is 11.0. The first-order valence-corrected chi connectivity index (χ1v) is 6.04. The number of aliphatic carboxylic acids is 1. The molecule has 7 heteroatoms. The monoisotopic (exact) mass is 272 g/mol. The molecule has 108 valence electrons. The molecule has 1 saturated heterocycles. The number of carbonyl (C=O) groups excluding carboxylic acids is 1. The molecule has 2 unspecified atom stereocenters. The number of carboxylic acid groups (broad SMARTS) is 1. The summed E-state index contributed by atoms with van der Waals surface area (Å²) in [7, 11) is 0. The Balaban J connectivity index is 2.69. The van der Waals surface area contributed by atoms with Crippen LogP contribution in [0.1, 0.15) is 6.92 Å². The molecule has 2 atom stereocenters. The summed E-state index contributed by atoms with van der Waals surface area (Å²) in [5.74, 6) is -1.01. The number of amides is 2. The highest BCUT2D eigenvalue weighted by atomic mass is 16.5. The van der Waals surface area contributed by atoms with Crippen molar-refractivity contribution in [1.29, 1.82) is 0 Å². The molecule has 0 aliphatic carbocycles. The summed E-state index contributed by atoms with van der Waals surface area (Å²) in [5.41, 5.74) is -1.13. The highest BCUT2D eigenvalue weighted by molar-refractivity contribution is 5.79. The number of hydrogen-bond donors (Lipinski definition) is 3. The maximum Gasteiger partial charge on any atom is 0.318 e. The standard InChI is InChI=1S/C12H20N2O5/c1-3-4-14(5-6-15)11(18)13-9-7-19-8-12(9,2)10(16)17/h3,9,15H,1,4-8H2,2H3,(H,13,18)(H,16,17). The zero-order valence-corrected chi connectivity index (χ0v) is 11.0. The maximum atomic E-state index is 12.0. The molecule has 0 aromatic rings. The Bertz CT molecular complexity index is 360. The zero-order chi connectivity index (χ0) is 14.5. The van der Waals surface area contributed by atoms with E-state index in [2.05, 4.69) is 11.9 Å². The Labute approximate surface area is 111 Å². The predicted molar refractivity (Wildman–Crippen MR) is 67.7 cm³/mol. The molecule has 0 spiro atoms. The fraction of sp³-hybridized carbons (Fsp3) is 0.667. The minimum Gasteiger partial charge on any atom is -0.481 e. The van der Waals surface area contributed by atoms with E-state index in [1.807, 2.05) is 0 Å². The Kier molecular flexibility index (Phi) is 5.31. The van der Waals surface area contributed by atoms with Gasteiger partial charge in [0.25, 0.3) is 0 Å². The average Bonchev–Trinajstić information content (AvgIpc) is 2.72. The van der Waals surface area contributed by atoms with E-state index in [1.165, 1.54) is 17.9 Å². The molecule has 1 rings (SSSR count). The van der Waals surface area contributed by atoms with Gasteiger partial charge in [-0.25, -0.2) is 4.79 Å². The predicted octanol–water partition coefficient (Wildman–Crippen LogP) is -0.334. The number of ether oxygens (including phenoxy) is 1. The van der Waals surface area contributed by atoms with Gasteiger partial charge in [-0.2, -0.15) is 0 Å². The summed E-state index contributed by atoms with van der Waals surface area (Å²) in [6.07, 6.45) is 1.54. The Morgan fingerprint density at radius 3 is 2.84 bits per heavy atom. The number of urea groups is 1. The number of carbonyl (C=O) groups is 2. The molecule has 1 aliphatic rings. The molecular weight excluding hydrogens is 252 g/mol. The molecule has 7 nitrogen and oxygen atoms in total. The van der Waals surface area contributed by atoms with Crippen LogP contribution in [0, 0.1) is 5.41 Å². The second kappa shape index (κ2) is 6.53. The van der Waals surface area contributed by atoms with Crippen molar-refractivity contribution < 1.29 is 24.5 Å². The topological polar surface area (TPSA) is 99.1 Å². The van der Waals surface area contributed by atoms with Crippen molar-refractivity contribution in [3.8, 4) is 0 Å². The van der Waals surface area contributed by atoms with E-state index in [0.29, 0.717) is 0 Å². The number of carboxylic acids is 1. The number of nitrogens with one attached hydrogen (secondary N) is 1. The number of rotatable bonds is 6. The summed E-state index contributed by atoms with van der Waals surface area (Å²) >= 11 is 0. The molecule has 3 N–H and O–H groups in total. The van der Waals surface area contributed by atoms with Crippen LogP contribution in [0.3, 0.4) is 0 Å². The lowest BCUT2D eigenvalue weighted by Gasteiger charge is -2.28. The average molecular weight is 272 g/mol. The van der Waals surface area contributed by atoms with E-state index in [0.717, 1.165) is 0 Å². The van der Waals surface area contributed by atoms with Crippen LogP contribution in [-0.4, -0.2) is 66.1 Å². The van der Waals surface area contributed by atoms with Crippen molar-refractivity contribution >= 4 is 12.0 Å². The summed E-state index contributed by atoms with van der Waals surface area (Å²) in [5, 5.41) is 20.7. The van der Waals surface area contributed by atoms with Crippen molar-refractivity contribution in [3.05, 3.63) is 12.7 Å². The number of hydrogen-bond acceptors (Lipinski definition) is 4. The first-order chi connectivity index (χ1) is 8.95. The Morgan fingerprint density at radius 1 is 1.63 bits per heavy atom. The number of aliphatic hydroxyl groups is 1. The Hall–Kier alpha value is -1.60. The quantitative estimate of drug-likeness (QED) is 0.575. The molecular formula is C12H20N2O5. The molecule has 2 amide bonds. The minimum absolute atomic E-state index is 0.0642. The summed E-state index contributed by atoms with van der Waals surface area (Å²) in [6.45, 7) is 5.57. The highest BCUT2D eigenvalue weighted by Gasteiger charge is 2.47. The fourth-order valence-electron chi connectivity index (χ4n) is 1.88. The van der Waals surface area contributed by atoms with Gasteiger partial charge in [-0.3, -0.25) is 4.79 Å². The van der Waals surface area contributed by atoms with Crippen LogP contribution in [0.25, 0.3) is 0 Å². The first-order valence-electron chi connectivity index (χ1n) is 6.04. The van der Waals surface area contributed by atoms with E-state index in [4.69, 9.17) is 9.84 Å². The molecule has 1 heterocycles. The van der Waals surface area contributed by atoms with Gasteiger partial charge in [-0.05, 0) is 6.92 Å². The van der Waals surface area contributed by atoms with Gasteiger partial charge in [0, 0.05) is 13.1 Å². The van der Waals surface area contributed by atoms with E-state index >= 15 is 0 Å². The second-order valence-electron chi connectivity index (χ2n) is 4.70. The molecule has 0 aromatic carbocycles. The van der Waals surface area contributed by atoms with Crippen LogP contribution in [0.15, 0.2) is 12.7 Å². The number of aliphatic hydroxyl groups excluding tert-OH is 1. The van der Waals surface area contributed by atoms with Crippen molar-refractivity contribution in [1.82, 2.24) is 10.2 Å². The van der Waals surface area contributed by atoms with Crippen LogP contribution in [-0.2, 0) is 9.53 Å². The van der Waals surface area contributed by atoms with Gasteiger partial charge < -0.3 is 25.2 Å². The summed E-state index contributed by atoms with van der Waals surface area (Å²) in [4.78, 5) is 24.6. The molecule has 0 aromatic heterocycles. The summed E-state index contributed by atoms with van der Waals surface area (Å²) < 4.78 is 5.15. The first kappa shape index (κ1) is 15.5. The molecule has 0 radical (unpaired) electrons. The van der Waals surface area contributed by atoms with Crippen molar-refractivity contribution in [2.75, 3.05) is 32.9 Å². The van der Waals surface area contributed by atoms with Gasteiger partial charge in [-0.15, -0.1) is 6.58 Å². The molecule has 0 bridgehead atoms. The lowest BCUT2D eigenvalue weighted by atomic mass is 9.85. The van der Waals surface area contributed by atoms with Gasteiger partial charge in [-0.1, -0.05) is 6.08 Å². The summed E-state index contributed by atoms with van der Waals surface area (Å²) in [6, 6.07) is -1.03. The third kappa shape index (κ3) is 3.45. The van der Waals surface area contributed by atoms with Gasteiger partial charge in [0.2, 0.25) is 0 Å². The molecule has 19 heavy (non-hydrogen) atoms. The van der Waals surface area contributed by atoms with E-state index in [9.17, 15) is 14.7 Å². The minimum atomic E-state index is -1.13. The lowest BCUT2D eigenvalue weighted by molar-refractivity contribution is -0.148. The molecule has 1 fully saturated rings. The third-order valence-corrected chi connectivity index (χ3v) is 3.25. The van der Waals surface area contributed by atoms with Gasteiger partial charge in [0.15, 0.2) is 0 Å². The van der Waals surface area contributed by atoms with Crippen LogP contribution >= 0.6 is 0 Å². The van der Waals surface area contributed by atoms with E-state index < -0.39 is 23.5 Å². The van der Waals surface area contributed by atoms with Crippen LogP contribution in [0.5, 0.6) is 0 Å². The molecule has 0 saturated carbocycles. The van der Waals surface area contributed by atoms with Gasteiger partial charge in [0.1, 0.15) is 5.41 Å². The Morgan fingerprint density at radius 2 is 2.32 bits per heavy atom. The smallest absolute Gasteiger partial charge is 0.318 e. The van der Waals surface area contributed by atoms with Crippen LogP contribution < -0.4 is 5.32 Å². The van der Waals surface area contributed by atoms with Crippen molar-refractivity contribution in [2.45, 2.75) is 13.0 Å². The third-order valence-electron chi connectivity index (χ3n) is 3.25.